The van der Waals surface area contributed by atoms with Gasteiger partial charge in [0.1, 0.15) is 5.82 Å². The Bertz CT molecular complexity index is 920. The number of carbonyl (C=O) groups is 1. The van der Waals surface area contributed by atoms with Gasteiger partial charge in [0.05, 0.1) is 18.4 Å². The van der Waals surface area contributed by atoms with Crippen LogP contribution >= 0.6 is 0 Å². The van der Waals surface area contributed by atoms with E-state index in [2.05, 4.69) is 15.7 Å². The molecule has 1 amide bonds. The first kappa shape index (κ1) is 17.8. The number of halogens is 1. The number of nitrogens with zero attached hydrogens (tertiary/aromatic N) is 2. The van der Waals surface area contributed by atoms with Gasteiger partial charge in [0, 0.05) is 24.0 Å². The van der Waals surface area contributed by atoms with Crippen LogP contribution in [-0.2, 0) is 11.3 Å². The average Bonchev–Trinajstić information content (AvgIpc) is 3.06. The fraction of sp³-hybridized carbons (Fsp3) is 0.200. The van der Waals surface area contributed by atoms with Gasteiger partial charge in [-0.15, -0.1) is 0 Å². The summed E-state index contributed by atoms with van der Waals surface area (Å²) in [6.45, 7) is 4.68. The zero-order valence-electron chi connectivity index (χ0n) is 14.8. The van der Waals surface area contributed by atoms with Gasteiger partial charge >= 0.3 is 0 Å². The number of carbonyl (C=O) groups excluding carboxylic acids is 1. The van der Waals surface area contributed by atoms with E-state index < -0.39 is 0 Å². The van der Waals surface area contributed by atoms with Gasteiger partial charge in [-0.1, -0.05) is 23.8 Å². The molecule has 6 heteroatoms. The van der Waals surface area contributed by atoms with Crippen LogP contribution in [0.1, 0.15) is 16.7 Å². The number of aryl methyl sites for hydroxylation is 2. The minimum Gasteiger partial charge on any atom is -0.325 e. The first-order valence-corrected chi connectivity index (χ1v) is 8.38. The van der Waals surface area contributed by atoms with Gasteiger partial charge in [-0.3, -0.25) is 4.79 Å². The van der Waals surface area contributed by atoms with Crippen LogP contribution < -0.4 is 10.6 Å². The summed E-state index contributed by atoms with van der Waals surface area (Å²) < 4.78 is 14.9. The van der Waals surface area contributed by atoms with Crippen LogP contribution in [-0.4, -0.2) is 22.2 Å². The lowest BCUT2D eigenvalue weighted by Gasteiger charge is -2.09. The highest BCUT2D eigenvalue weighted by molar-refractivity contribution is 5.92. The van der Waals surface area contributed by atoms with Crippen LogP contribution in [0, 0.1) is 19.7 Å². The van der Waals surface area contributed by atoms with E-state index in [1.54, 1.807) is 23.0 Å². The molecule has 2 aromatic carbocycles. The molecule has 134 valence electrons. The molecular formula is C20H21FN4O. The van der Waals surface area contributed by atoms with Crippen LogP contribution in [0.25, 0.3) is 5.69 Å². The molecule has 3 rings (SSSR count). The van der Waals surface area contributed by atoms with Crippen molar-refractivity contribution in [2.75, 3.05) is 11.9 Å². The predicted molar refractivity (Wildman–Crippen MR) is 99.8 cm³/mol. The zero-order chi connectivity index (χ0) is 18.5. The van der Waals surface area contributed by atoms with Gasteiger partial charge < -0.3 is 10.6 Å². The SMILES string of the molecule is Cc1ccc(NC(=O)CNCc2cnn(-c3cccc(F)c3)c2)c(C)c1. The third-order valence-corrected chi connectivity index (χ3v) is 3.98. The predicted octanol–water partition coefficient (Wildman–Crippen LogP) is 3.36. The Morgan fingerprint density at radius 1 is 1.19 bits per heavy atom. The number of anilines is 1. The average molecular weight is 352 g/mol. The number of amides is 1. The third kappa shape index (κ3) is 4.55. The minimum atomic E-state index is -0.305. The molecule has 3 aromatic rings. The molecule has 2 N–H and O–H groups in total. The fourth-order valence-corrected chi connectivity index (χ4v) is 2.68. The van der Waals surface area contributed by atoms with E-state index in [9.17, 15) is 9.18 Å². The van der Waals surface area contributed by atoms with Crippen molar-refractivity contribution in [1.82, 2.24) is 15.1 Å². The van der Waals surface area contributed by atoms with E-state index in [0.29, 0.717) is 12.2 Å². The number of rotatable bonds is 6. The second-order valence-corrected chi connectivity index (χ2v) is 6.24. The number of benzene rings is 2. The number of hydrogen-bond donors (Lipinski definition) is 2. The normalized spacial score (nSPS) is 10.7. The van der Waals surface area contributed by atoms with Crippen LogP contribution in [0.5, 0.6) is 0 Å². The van der Waals surface area contributed by atoms with Crippen LogP contribution in [0.15, 0.2) is 54.9 Å². The largest absolute Gasteiger partial charge is 0.325 e. The topological polar surface area (TPSA) is 59.0 Å². The molecule has 5 nitrogen and oxygen atoms in total. The van der Waals surface area contributed by atoms with Crippen molar-refractivity contribution >= 4 is 11.6 Å². The molecule has 26 heavy (non-hydrogen) atoms. The molecule has 0 radical (unpaired) electrons. The second kappa shape index (κ2) is 7.93. The number of hydrogen-bond acceptors (Lipinski definition) is 3. The molecule has 0 fully saturated rings. The second-order valence-electron chi connectivity index (χ2n) is 6.24. The Hall–Kier alpha value is -2.99. The van der Waals surface area contributed by atoms with Gasteiger partial charge in [0.25, 0.3) is 0 Å². The molecule has 0 aliphatic heterocycles. The quantitative estimate of drug-likeness (QED) is 0.715. The standard InChI is InChI=1S/C20H21FN4O/c1-14-6-7-19(15(2)8-14)24-20(26)12-22-10-16-11-23-25(13-16)18-5-3-4-17(21)9-18/h3-9,11,13,22H,10,12H2,1-2H3,(H,24,26). The maximum absolute atomic E-state index is 13.3. The zero-order valence-corrected chi connectivity index (χ0v) is 14.8. The highest BCUT2D eigenvalue weighted by Gasteiger charge is 2.06. The van der Waals surface area contributed by atoms with E-state index in [1.807, 2.05) is 38.2 Å². The molecular weight excluding hydrogens is 331 g/mol. The lowest BCUT2D eigenvalue weighted by Crippen LogP contribution is -2.27. The number of aromatic nitrogens is 2. The summed E-state index contributed by atoms with van der Waals surface area (Å²) >= 11 is 0. The summed E-state index contributed by atoms with van der Waals surface area (Å²) in [6, 6.07) is 12.1. The van der Waals surface area contributed by atoms with Crippen molar-refractivity contribution in [2.45, 2.75) is 20.4 Å². The first-order valence-electron chi connectivity index (χ1n) is 8.38. The monoisotopic (exact) mass is 352 g/mol. The summed E-state index contributed by atoms with van der Waals surface area (Å²) in [6.07, 6.45) is 3.50. The maximum atomic E-state index is 13.3. The summed E-state index contributed by atoms with van der Waals surface area (Å²) in [5.74, 6) is -0.407. The van der Waals surface area contributed by atoms with E-state index >= 15 is 0 Å². The molecule has 0 saturated heterocycles. The van der Waals surface area contributed by atoms with Gasteiger partial charge in [0.15, 0.2) is 0 Å². The van der Waals surface area contributed by atoms with Crippen LogP contribution in [0.2, 0.25) is 0 Å². The van der Waals surface area contributed by atoms with E-state index in [-0.39, 0.29) is 18.3 Å². The van der Waals surface area contributed by atoms with Crippen molar-refractivity contribution in [3.63, 3.8) is 0 Å². The van der Waals surface area contributed by atoms with E-state index in [0.717, 1.165) is 22.4 Å². The third-order valence-electron chi connectivity index (χ3n) is 3.98. The Balaban J connectivity index is 1.51. The molecule has 0 spiro atoms. The first-order chi connectivity index (χ1) is 12.5. The smallest absolute Gasteiger partial charge is 0.238 e. The molecule has 0 saturated carbocycles. The summed E-state index contributed by atoms with van der Waals surface area (Å²) in [7, 11) is 0. The molecule has 0 unspecified atom stereocenters. The van der Waals surface area contributed by atoms with Crippen molar-refractivity contribution in [3.8, 4) is 5.69 Å². The van der Waals surface area contributed by atoms with Gasteiger partial charge in [-0.25, -0.2) is 9.07 Å². The Labute approximate surface area is 151 Å². The van der Waals surface area contributed by atoms with Gasteiger partial charge in [0.2, 0.25) is 5.91 Å². The van der Waals surface area contributed by atoms with E-state index in [4.69, 9.17) is 0 Å². The summed E-state index contributed by atoms with van der Waals surface area (Å²) in [5, 5.41) is 10.2. The lowest BCUT2D eigenvalue weighted by molar-refractivity contribution is -0.115. The molecule has 0 aliphatic rings. The highest BCUT2D eigenvalue weighted by atomic mass is 19.1. The maximum Gasteiger partial charge on any atom is 0.238 e. The Kier molecular flexibility index (Phi) is 5.43. The lowest BCUT2D eigenvalue weighted by atomic mass is 10.1. The van der Waals surface area contributed by atoms with Crippen molar-refractivity contribution < 1.29 is 9.18 Å². The van der Waals surface area contributed by atoms with E-state index in [1.165, 1.54) is 12.1 Å². The summed E-state index contributed by atoms with van der Waals surface area (Å²) in [5.41, 5.74) is 4.59. The van der Waals surface area contributed by atoms with Gasteiger partial charge in [-0.2, -0.15) is 5.10 Å². The van der Waals surface area contributed by atoms with Crippen molar-refractivity contribution in [3.05, 3.63) is 77.4 Å². The van der Waals surface area contributed by atoms with Crippen LogP contribution in [0.4, 0.5) is 10.1 Å². The minimum absolute atomic E-state index is 0.102. The molecule has 1 aromatic heterocycles. The molecule has 0 bridgehead atoms. The summed E-state index contributed by atoms with van der Waals surface area (Å²) in [4.78, 5) is 12.1. The van der Waals surface area contributed by atoms with Crippen molar-refractivity contribution in [1.29, 1.82) is 0 Å². The fourth-order valence-electron chi connectivity index (χ4n) is 2.68. The van der Waals surface area contributed by atoms with Crippen LogP contribution in [0.3, 0.4) is 0 Å². The molecule has 1 heterocycles. The Morgan fingerprint density at radius 2 is 2.04 bits per heavy atom. The molecule has 0 aliphatic carbocycles. The Morgan fingerprint density at radius 3 is 2.81 bits per heavy atom. The highest BCUT2D eigenvalue weighted by Crippen LogP contribution is 2.15. The van der Waals surface area contributed by atoms with Crippen molar-refractivity contribution in [2.24, 2.45) is 0 Å². The number of nitrogens with one attached hydrogen (secondary N) is 2. The van der Waals surface area contributed by atoms with Gasteiger partial charge in [-0.05, 0) is 43.7 Å². The molecule has 0 atom stereocenters.